The summed E-state index contributed by atoms with van der Waals surface area (Å²) in [5, 5.41) is 2.91. The lowest BCUT2D eigenvalue weighted by Crippen LogP contribution is -2.48. The summed E-state index contributed by atoms with van der Waals surface area (Å²) < 4.78 is 9.89. The number of nitrogens with one attached hydrogen (secondary N) is 1. The smallest absolute Gasteiger partial charge is 0.337 e. The molecule has 1 spiro atoms. The number of benzene rings is 1. The van der Waals surface area contributed by atoms with Crippen molar-refractivity contribution in [1.82, 2.24) is 4.90 Å². The molecule has 160 valence electrons. The van der Waals surface area contributed by atoms with Crippen LogP contribution in [0.4, 0.5) is 5.69 Å². The zero-order valence-corrected chi connectivity index (χ0v) is 17.3. The first-order valence-corrected chi connectivity index (χ1v) is 9.90. The molecule has 0 bridgehead atoms. The van der Waals surface area contributed by atoms with E-state index < -0.39 is 23.3 Å². The van der Waals surface area contributed by atoms with Gasteiger partial charge in [-0.1, -0.05) is 25.1 Å². The van der Waals surface area contributed by atoms with Crippen molar-refractivity contribution in [2.75, 3.05) is 26.1 Å². The normalized spacial score (nSPS) is 23.7. The van der Waals surface area contributed by atoms with Crippen molar-refractivity contribution < 1.29 is 28.7 Å². The number of ether oxygens (including phenoxy) is 2. The highest BCUT2D eigenvalue weighted by molar-refractivity contribution is 6.07. The van der Waals surface area contributed by atoms with Crippen molar-refractivity contribution in [3.63, 3.8) is 0 Å². The van der Waals surface area contributed by atoms with Gasteiger partial charge in [0.25, 0.3) is 0 Å². The predicted molar refractivity (Wildman–Crippen MR) is 108 cm³/mol. The van der Waals surface area contributed by atoms with Gasteiger partial charge in [0, 0.05) is 18.7 Å². The molecule has 3 rings (SSSR count). The fraction of sp³-hybridized carbons (Fsp3) is 0.455. The van der Waals surface area contributed by atoms with E-state index in [0.29, 0.717) is 25.1 Å². The number of anilines is 1. The molecule has 8 nitrogen and oxygen atoms in total. The average Bonchev–Trinajstić information content (AvgIpc) is 3.27. The van der Waals surface area contributed by atoms with Gasteiger partial charge < -0.3 is 19.7 Å². The molecule has 0 unspecified atom stereocenters. The number of rotatable bonds is 8. The van der Waals surface area contributed by atoms with Gasteiger partial charge in [0.1, 0.15) is 5.78 Å². The maximum Gasteiger partial charge on any atom is 0.337 e. The van der Waals surface area contributed by atoms with Gasteiger partial charge >= 0.3 is 5.97 Å². The highest BCUT2D eigenvalue weighted by Gasteiger charge is 2.58. The first-order valence-electron chi connectivity index (χ1n) is 9.90. The lowest BCUT2D eigenvalue weighted by molar-refractivity contribution is -0.138. The summed E-state index contributed by atoms with van der Waals surface area (Å²) in [5.74, 6) is -1.94. The van der Waals surface area contributed by atoms with Crippen LogP contribution in [0.2, 0.25) is 0 Å². The van der Waals surface area contributed by atoms with E-state index in [1.807, 2.05) is 24.3 Å². The molecule has 2 aliphatic heterocycles. The van der Waals surface area contributed by atoms with E-state index in [1.54, 1.807) is 11.8 Å². The van der Waals surface area contributed by atoms with Gasteiger partial charge in [-0.25, -0.2) is 4.79 Å². The number of carbonyl (C=O) groups excluding carboxylic acids is 4. The van der Waals surface area contributed by atoms with Crippen LogP contribution in [0, 0.1) is 5.92 Å². The second-order valence-electron chi connectivity index (χ2n) is 7.49. The van der Waals surface area contributed by atoms with Crippen LogP contribution in [0.25, 0.3) is 0 Å². The number of esters is 1. The number of ketones is 1. The van der Waals surface area contributed by atoms with E-state index >= 15 is 0 Å². The van der Waals surface area contributed by atoms with Crippen LogP contribution in [0.1, 0.15) is 31.7 Å². The predicted octanol–water partition coefficient (Wildman–Crippen LogP) is 1.80. The minimum Gasteiger partial charge on any atom is -0.504 e. The van der Waals surface area contributed by atoms with E-state index in [-0.39, 0.29) is 30.1 Å². The number of Topliss-reactive ketones (excluding diaryl/α,β-unsaturated/α-hetero) is 1. The number of carbonyl (C=O) groups is 4. The number of para-hydroxylation sites is 1. The van der Waals surface area contributed by atoms with Crippen molar-refractivity contribution in [2.45, 2.75) is 37.6 Å². The first-order chi connectivity index (χ1) is 14.4. The Morgan fingerprint density at radius 1 is 1.33 bits per heavy atom. The number of likely N-dealkylation sites (tertiary alicyclic amines) is 1. The summed E-state index contributed by atoms with van der Waals surface area (Å²) in [7, 11) is 2.61. The van der Waals surface area contributed by atoms with E-state index in [2.05, 4.69) is 5.32 Å². The Morgan fingerprint density at radius 2 is 2.07 bits per heavy atom. The lowest BCUT2D eigenvalue weighted by atomic mass is 9.71. The molecule has 1 fully saturated rings. The van der Waals surface area contributed by atoms with E-state index in [4.69, 9.17) is 9.47 Å². The highest BCUT2D eigenvalue weighted by atomic mass is 16.5. The Balaban J connectivity index is 2.08. The maximum absolute atomic E-state index is 13.2. The van der Waals surface area contributed by atoms with Gasteiger partial charge in [-0.2, -0.15) is 0 Å². The van der Waals surface area contributed by atoms with Crippen molar-refractivity contribution >= 4 is 29.8 Å². The Labute approximate surface area is 175 Å². The minimum absolute atomic E-state index is 0.0754. The molecule has 0 saturated carbocycles. The van der Waals surface area contributed by atoms with Crippen LogP contribution in [-0.2, 0) is 34.1 Å². The molecule has 0 aromatic heterocycles. The standard InChI is InChI=1S/C22H26N2O6/c1-4-18(26)14(15(12-29-2)20(27)30-3)11-19-22(9-10-24(19)13-25)16-7-5-6-8-17(16)23-21(22)28/h5-8,12-14,19H,4,9-11H2,1-3H3,(H,23,28)/b15-12-/t14-,19+,22+/m1/s1. The lowest BCUT2D eigenvalue weighted by Gasteiger charge is -2.34. The third-order valence-electron chi connectivity index (χ3n) is 6.17. The van der Waals surface area contributed by atoms with Crippen LogP contribution in [0.5, 0.6) is 0 Å². The number of hydrogen-bond acceptors (Lipinski definition) is 6. The fourth-order valence-electron chi connectivity index (χ4n) is 4.71. The third-order valence-corrected chi connectivity index (χ3v) is 6.17. The summed E-state index contributed by atoms with van der Waals surface area (Å²) in [4.78, 5) is 51.8. The topological polar surface area (TPSA) is 102 Å². The minimum atomic E-state index is -0.974. The number of nitrogens with zero attached hydrogens (tertiary/aromatic N) is 1. The maximum atomic E-state index is 13.2. The fourth-order valence-corrected chi connectivity index (χ4v) is 4.71. The molecule has 1 aromatic carbocycles. The first kappa shape index (κ1) is 21.5. The van der Waals surface area contributed by atoms with Crippen molar-refractivity contribution in [3.05, 3.63) is 41.7 Å². The molecule has 30 heavy (non-hydrogen) atoms. The molecular formula is C22H26N2O6. The van der Waals surface area contributed by atoms with Crippen molar-refractivity contribution in [2.24, 2.45) is 5.92 Å². The van der Waals surface area contributed by atoms with Crippen LogP contribution in [0.15, 0.2) is 36.1 Å². The molecule has 0 radical (unpaired) electrons. The molecular weight excluding hydrogens is 388 g/mol. The van der Waals surface area contributed by atoms with E-state index in [9.17, 15) is 19.2 Å². The summed E-state index contributed by atoms with van der Waals surface area (Å²) in [6.45, 7) is 2.08. The van der Waals surface area contributed by atoms with Crippen LogP contribution in [-0.4, -0.2) is 55.8 Å². The third kappa shape index (κ3) is 3.36. The Morgan fingerprint density at radius 3 is 2.70 bits per heavy atom. The number of methoxy groups -OCH3 is 2. The van der Waals surface area contributed by atoms with E-state index in [0.717, 1.165) is 5.56 Å². The Kier molecular flexibility index (Phi) is 6.24. The molecule has 1 saturated heterocycles. The molecule has 8 heteroatoms. The summed E-state index contributed by atoms with van der Waals surface area (Å²) in [6, 6.07) is 6.78. The molecule has 1 N–H and O–H groups in total. The molecule has 0 aliphatic carbocycles. The monoisotopic (exact) mass is 414 g/mol. The molecule has 2 aliphatic rings. The zero-order chi connectivity index (χ0) is 21.9. The van der Waals surface area contributed by atoms with Crippen LogP contribution < -0.4 is 5.32 Å². The van der Waals surface area contributed by atoms with Gasteiger partial charge in [-0.15, -0.1) is 0 Å². The molecule has 3 atom stereocenters. The highest BCUT2D eigenvalue weighted by Crippen LogP contribution is 2.49. The molecule has 2 heterocycles. The summed E-state index contributed by atoms with van der Waals surface area (Å²) in [5.41, 5.74) is 0.617. The van der Waals surface area contributed by atoms with Crippen molar-refractivity contribution in [1.29, 1.82) is 0 Å². The van der Waals surface area contributed by atoms with Gasteiger partial charge in [0.15, 0.2) is 0 Å². The second-order valence-corrected chi connectivity index (χ2v) is 7.49. The zero-order valence-electron chi connectivity index (χ0n) is 17.3. The van der Waals surface area contributed by atoms with Crippen LogP contribution >= 0.6 is 0 Å². The largest absolute Gasteiger partial charge is 0.504 e. The van der Waals surface area contributed by atoms with Crippen molar-refractivity contribution in [3.8, 4) is 0 Å². The number of fused-ring (bicyclic) bond motifs is 2. The SMILES string of the molecule is CCC(=O)[C@H](C[C@@H]1N(C=O)CC[C@@]12C(=O)Nc1ccccc12)/C(=C/OC)C(=O)OC. The van der Waals surface area contributed by atoms with Gasteiger partial charge in [-0.05, 0) is 24.5 Å². The van der Waals surface area contributed by atoms with Gasteiger partial charge in [-0.3, -0.25) is 14.4 Å². The quantitative estimate of drug-likeness (QED) is 0.301. The number of hydrogen-bond donors (Lipinski definition) is 1. The molecule has 1 aromatic rings. The average molecular weight is 414 g/mol. The van der Waals surface area contributed by atoms with Gasteiger partial charge in [0.05, 0.1) is 43.4 Å². The van der Waals surface area contributed by atoms with Crippen LogP contribution in [0.3, 0.4) is 0 Å². The Hall–Kier alpha value is -3.16. The summed E-state index contributed by atoms with van der Waals surface area (Å²) >= 11 is 0. The van der Waals surface area contributed by atoms with E-state index in [1.165, 1.54) is 20.5 Å². The second kappa shape index (κ2) is 8.69. The molecule has 2 amide bonds. The van der Waals surface area contributed by atoms with Gasteiger partial charge in [0.2, 0.25) is 12.3 Å². The summed E-state index contributed by atoms with van der Waals surface area (Å²) in [6.07, 6.45) is 2.65. The number of amides is 2. The Bertz CT molecular complexity index is 895.